The average Bonchev–Trinajstić information content (AvgIpc) is 2.57. The molecule has 0 aliphatic carbocycles. The molecule has 2 N–H and O–H groups in total. The highest BCUT2D eigenvalue weighted by atomic mass is 16.7. The molecule has 0 unspecified atom stereocenters. The van der Waals surface area contributed by atoms with Crippen LogP contribution in [0.15, 0.2) is 18.2 Å². The van der Waals surface area contributed by atoms with Gasteiger partial charge in [-0.25, -0.2) is 0 Å². The van der Waals surface area contributed by atoms with E-state index in [1.54, 1.807) is 6.20 Å². The van der Waals surface area contributed by atoms with Crippen LogP contribution in [0, 0.1) is 0 Å². The molecule has 1 fully saturated rings. The first-order valence-corrected chi connectivity index (χ1v) is 7.03. The molecule has 0 bridgehead atoms. The van der Waals surface area contributed by atoms with Gasteiger partial charge in [0.1, 0.15) is 0 Å². The zero-order chi connectivity index (χ0) is 15.0. The summed E-state index contributed by atoms with van der Waals surface area (Å²) in [7, 11) is -0.343. The summed E-state index contributed by atoms with van der Waals surface area (Å²) in [5, 5.41) is 0. The van der Waals surface area contributed by atoms with Crippen molar-refractivity contribution in [3.05, 3.63) is 29.5 Å². The number of pyridine rings is 1. The van der Waals surface area contributed by atoms with Crippen molar-refractivity contribution >= 4 is 18.9 Å². The van der Waals surface area contributed by atoms with E-state index in [9.17, 15) is 0 Å². The Balaban J connectivity index is 2.12. The molecule has 0 spiro atoms. The van der Waals surface area contributed by atoms with Gasteiger partial charge in [0.25, 0.3) is 0 Å². The quantitative estimate of drug-likeness (QED) is 0.861. The number of aryl methyl sites for hydroxylation is 1. The first-order valence-electron chi connectivity index (χ1n) is 7.03. The first-order chi connectivity index (χ1) is 9.25. The SMILES string of the molecule is CCc1cc(/C=C/B2OC(C)(C)C(C)(C)O2)ncc1N. The van der Waals surface area contributed by atoms with Crippen molar-refractivity contribution in [3.63, 3.8) is 0 Å². The molecule has 108 valence electrons. The Bertz CT molecular complexity index is 511. The number of hydrogen-bond donors (Lipinski definition) is 1. The molecule has 1 saturated heterocycles. The van der Waals surface area contributed by atoms with Crippen molar-refractivity contribution in [3.8, 4) is 0 Å². The van der Waals surface area contributed by atoms with Gasteiger partial charge in [-0.3, -0.25) is 4.98 Å². The van der Waals surface area contributed by atoms with Gasteiger partial charge in [-0.15, -0.1) is 0 Å². The molecule has 0 atom stereocenters. The van der Waals surface area contributed by atoms with Gasteiger partial charge in [-0.05, 0) is 51.8 Å². The lowest BCUT2D eigenvalue weighted by atomic mass is 9.89. The smallest absolute Gasteiger partial charge is 0.400 e. The van der Waals surface area contributed by atoms with Crippen LogP contribution in [0.25, 0.3) is 6.08 Å². The fourth-order valence-electron chi connectivity index (χ4n) is 2.07. The van der Waals surface area contributed by atoms with E-state index in [0.717, 1.165) is 23.4 Å². The van der Waals surface area contributed by atoms with E-state index in [-0.39, 0.29) is 18.3 Å². The van der Waals surface area contributed by atoms with Crippen LogP contribution in [-0.4, -0.2) is 23.3 Å². The molecule has 1 aromatic rings. The monoisotopic (exact) mass is 274 g/mol. The zero-order valence-corrected chi connectivity index (χ0v) is 12.9. The van der Waals surface area contributed by atoms with Gasteiger partial charge < -0.3 is 15.0 Å². The van der Waals surface area contributed by atoms with Crippen LogP contribution in [-0.2, 0) is 15.7 Å². The Morgan fingerprint density at radius 2 is 1.85 bits per heavy atom. The van der Waals surface area contributed by atoms with Gasteiger partial charge in [0.05, 0.1) is 28.8 Å². The average molecular weight is 274 g/mol. The maximum Gasteiger partial charge on any atom is 0.487 e. The Morgan fingerprint density at radius 3 is 2.40 bits per heavy atom. The number of nitrogens with zero attached hydrogens (tertiary/aromatic N) is 1. The molecule has 4 nitrogen and oxygen atoms in total. The summed E-state index contributed by atoms with van der Waals surface area (Å²) in [5.41, 5.74) is 7.93. The van der Waals surface area contributed by atoms with Crippen molar-refractivity contribution in [2.24, 2.45) is 0 Å². The maximum atomic E-state index is 5.90. The molecule has 2 heterocycles. The molecule has 0 radical (unpaired) electrons. The molecular formula is C15H23BN2O2. The summed E-state index contributed by atoms with van der Waals surface area (Å²) >= 11 is 0. The number of rotatable bonds is 3. The minimum atomic E-state index is -0.343. The van der Waals surface area contributed by atoms with Crippen LogP contribution < -0.4 is 5.73 Å². The molecule has 1 aliphatic heterocycles. The van der Waals surface area contributed by atoms with Gasteiger partial charge >= 0.3 is 7.12 Å². The van der Waals surface area contributed by atoms with E-state index < -0.39 is 0 Å². The Morgan fingerprint density at radius 1 is 1.25 bits per heavy atom. The van der Waals surface area contributed by atoms with Crippen molar-refractivity contribution in [2.45, 2.75) is 52.2 Å². The summed E-state index contributed by atoms with van der Waals surface area (Å²) in [5.74, 6) is 1.90. The second-order valence-corrected chi connectivity index (χ2v) is 6.15. The highest BCUT2D eigenvalue weighted by Gasteiger charge is 2.49. The van der Waals surface area contributed by atoms with E-state index in [1.165, 1.54) is 0 Å². The summed E-state index contributed by atoms with van der Waals surface area (Å²) in [6, 6.07) is 2.00. The number of nitrogens with two attached hydrogens (primary N) is 1. The minimum Gasteiger partial charge on any atom is -0.400 e. The third-order valence-electron chi connectivity index (χ3n) is 4.12. The van der Waals surface area contributed by atoms with E-state index in [2.05, 4.69) is 11.9 Å². The molecule has 1 aromatic heterocycles. The second kappa shape index (κ2) is 5.22. The fourth-order valence-corrected chi connectivity index (χ4v) is 2.07. The van der Waals surface area contributed by atoms with Crippen molar-refractivity contribution in [1.29, 1.82) is 0 Å². The first kappa shape index (κ1) is 15.1. The lowest BCUT2D eigenvalue weighted by molar-refractivity contribution is 0.00578. The molecule has 0 amide bonds. The summed E-state index contributed by atoms with van der Waals surface area (Å²) in [4.78, 5) is 4.30. The Hall–Kier alpha value is -1.33. The number of hydrogen-bond acceptors (Lipinski definition) is 4. The lowest BCUT2D eigenvalue weighted by Gasteiger charge is -2.32. The minimum absolute atomic E-state index is 0.314. The summed E-state index contributed by atoms with van der Waals surface area (Å²) < 4.78 is 11.8. The third-order valence-corrected chi connectivity index (χ3v) is 4.12. The zero-order valence-electron chi connectivity index (χ0n) is 12.9. The lowest BCUT2D eigenvalue weighted by Crippen LogP contribution is -2.41. The molecule has 20 heavy (non-hydrogen) atoms. The Kier molecular flexibility index (Phi) is 3.94. The molecule has 0 aromatic carbocycles. The molecular weight excluding hydrogens is 251 g/mol. The van der Waals surface area contributed by atoms with Crippen molar-refractivity contribution < 1.29 is 9.31 Å². The van der Waals surface area contributed by atoms with Crippen LogP contribution in [0.3, 0.4) is 0 Å². The predicted molar refractivity (Wildman–Crippen MR) is 83.1 cm³/mol. The second-order valence-electron chi connectivity index (χ2n) is 6.15. The third kappa shape index (κ3) is 2.89. The molecule has 2 rings (SSSR count). The van der Waals surface area contributed by atoms with Crippen molar-refractivity contribution in [2.75, 3.05) is 5.73 Å². The van der Waals surface area contributed by atoms with Gasteiger partial charge in [-0.1, -0.05) is 12.9 Å². The van der Waals surface area contributed by atoms with Crippen LogP contribution in [0.4, 0.5) is 5.69 Å². The highest BCUT2D eigenvalue weighted by molar-refractivity contribution is 6.52. The predicted octanol–water partition coefficient (Wildman–Crippen LogP) is 2.87. The van der Waals surface area contributed by atoms with Crippen LogP contribution >= 0.6 is 0 Å². The number of aromatic nitrogens is 1. The standard InChI is InChI=1S/C15H23BN2O2/c1-6-11-9-12(18-10-13(11)17)7-8-16-19-14(2,3)15(4,5)20-16/h7-10H,6,17H2,1-5H3/b8-7+. The Labute approximate surface area is 121 Å². The van der Waals surface area contributed by atoms with Gasteiger partial charge in [0.2, 0.25) is 0 Å². The summed E-state index contributed by atoms with van der Waals surface area (Å²) in [6.07, 6.45) is 4.51. The van der Waals surface area contributed by atoms with E-state index in [0.29, 0.717) is 0 Å². The highest BCUT2D eigenvalue weighted by Crippen LogP contribution is 2.37. The number of nitrogen functional groups attached to an aromatic ring is 1. The number of anilines is 1. The molecule has 5 heteroatoms. The van der Waals surface area contributed by atoms with Gasteiger partial charge in [0, 0.05) is 0 Å². The largest absolute Gasteiger partial charge is 0.487 e. The summed E-state index contributed by atoms with van der Waals surface area (Å²) in [6.45, 7) is 10.2. The van der Waals surface area contributed by atoms with E-state index in [4.69, 9.17) is 15.0 Å². The van der Waals surface area contributed by atoms with E-state index >= 15 is 0 Å². The van der Waals surface area contributed by atoms with Gasteiger partial charge in [0.15, 0.2) is 0 Å². The van der Waals surface area contributed by atoms with Crippen LogP contribution in [0.1, 0.15) is 45.9 Å². The normalized spacial score (nSPS) is 20.8. The topological polar surface area (TPSA) is 57.4 Å². The van der Waals surface area contributed by atoms with Crippen LogP contribution in [0.5, 0.6) is 0 Å². The fraction of sp³-hybridized carbons (Fsp3) is 0.533. The molecule has 0 saturated carbocycles. The van der Waals surface area contributed by atoms with Crippen molar-refractivity contribution in [1.82, 2.24) is 4.98 Å². The van der Waals surface area contributed by atoms with Crippen LogP contribution in [0.2, 0.25) is 0 Å². The van der Waals surface area contributed by atoms with E-state index in [1.807, 2.05) is 45.8 Å². The maximum absolute atomic E-state index is 5.90. The van der Waals surface area contributed by atoms with Gasteiger partial charge in [-0.2, -0.15) is 0 Å². The molecule has 1 aliphatic rings.